The van der Waals surface area contributed by atoms with Crippen molar-refractivity contribution in [3.8, 4) is 0 Å². The highest BCUT2D eigenvalue weighted by atomic mass is 16.2. The standard InChI is InChI=1S/C11H21N3O2/c1-7(11(16)13-2)14-10(15)6-8-4-3-5-9(8)12/h7-9H,3-6,12H2,1-2H3,(H,13,16)(H,14,15)/t7-,8+,9-/m1/s1. The minimum absolute atomic E-state index is 0.0848. The van der Waals surface area contributed by atoms with Gasteiger partial charge in [0.05, 0.1) is 0 Å². The Bertz CT molecular complexity index is 268. The first-order chi connectivity index (χ1) is 7.54. The molecule has 2 amide bonds. The average molecular weight is 227 g/mol. The number of hydrogen-bond acceptors (Lipinski definition) is 3. The van der Waals surface area contributed by atoms with E-state index in [1.165, 1.54) is 0 Å². The zero-order valence-electron chi connectivity index (χ0n) is 9.95. The molecule has 0 aliphatic heterocycles. The highest BCUT2D eigenvalue weighted by Gasteiger charge is 2.26. The van der Waals surface area contributed by atoms with E-state index in [2.05, 4.69) is 10.6 Å². The Kier molecular flexibility index (Phi) is 4.73. The maximum absolute atomic E-state index is 11.6. The lowest BCUT2D eigenvalue weighted by molar-refractivity contribution is -0.128. The predicted molar refractivity (Wildman–Crippen MR) is 61.6 cm³/mol. The van der Waals surface area contributed by atoms with Crippen molar-refractivity contribution in [1.82, 2.24) is 10.6 Å². The molecule has 16 heavy (non-hydrogen) atoms. The van der Waals surface area contributed by atoms with Gasteiger partial charge in [0.1, 0.15) is 6.04 Å². The Labute approximate surface area is 96.1 Å². The largest absolute Gasteiger partial charge is 0.357 e. The highest BCUT2D eigenvalue weighted by Crippen LogP contribution is 2.26. The number of likely N-dealkylation sites (N-methyl/N-ethyl adjacent to an activating group) is 1. The van der Waals surface area contributed by atoms with Crippen LogP contribution in [-0.2, 0) is 9.59 Å². The van der Waals surface area contributed by atoms with Crippen LogP contribution in [0.15, 0.2) is 0 Å². The lowest BCUT2D eigenvalue weighted by atomic mass is 10.00. The molecule has 1 saturated carbocycles. The number of carbonyl (C=O) groups excluding carboxylic acids is 2. The lowest BCUT2D eigenvalue weighted by Crippen LogP contribution is -2.44. The molecule has 0 aromatic rings. The van der Waals surface area contributed by atoms with E-state index in [9.17, 15) is 9.59 Å². The summed E-state index contributed by atoms with van der Waals surface area (Å²) in [5, 5.41) is 5.17. The Morgan fingerprint density at radius 1 is 1.44 bits per heavy atom. The lowest BCUT2D eigenvalue weighted by Gasteiger charge is -2.17. The second kappa shape index (κ2) is 5.84. The first-order valence-corrected chi connectivity index (χ1v) is 5.81. The van der Waals surface area contributed by atoms with Gasteiger partial charge in [-0.2, -0.15) is 0 Å². The maximum Gasteiger partial charge on any atom is 0.242 e. The molecule has 1 fully saturated rings. The summed E-state index contributed by atoms with van der Waals surface area (Å²) in [5.74, 6) is 0.0133. The molecule has 1 aliphatic rings. The van der Waals surface area contributed by atoms with Crippen LogP contribution in [0.1, 0.15) is 32.6 Å². The molecule has 0 bridgehead atoms. The van der Waals surface area contributed by atoms with E-state index in [0.717, 1.165) is 19.3 Å². The topological polar surface area (TPSA) is 84.2 Å². The van der Waals surface area contributed by atoms with Gasteiger partial charge in [-0.3, -0.25) is 9.59 Å². The third kappa shape index (κ3) is 3.48. The highest BCUT2D eigenvalue weighted by molar-refractivity contribution is 5.87. The summed E-state index contributed by atoms with van der Waals surface area (Å²) >= 11 is 0. The van der Waals surface area contributed by atoms with Gasteiger partial charge in [0.25, 0.3) is 0 Å². The molecule has 0 spiro atoms. The summed E-state index contributed by atoms with van der Waals surface area (Å²) in [5.41, 5.74) is 5.88. The molecule has 1 rings (SSSR count). The molecular formula is C11H21N3O2. The fraction of sp³-hybridized carbons (Fsp3) is 0.818. The van der Waals surface area contributed by atoms with Crippen molar-refractivity contribution < 1.29 is 9.59 Å². The van der Waals surface area contributed by atoms with Crippen LogP contribution < -0.4 is 16.4 Å². The summed E-state index contributed by atoms with van der Waals surface area (Å²) in [6.07, 6.45) is 3.55. The molecule has 4 N–H and O–H groups in total. The normalized spacial score (nSPS) is 26.2. The van der Waals surface area contributed by atoms with Gasteiger partial charge in [0.2, 0.25) is 11.8 Å². The number of carbonyl (C=O) groups is 2. The Morgan fingerprint density at radius 2 is 2.12 bits per heavy atom. The van der Waals surface area contributed by atoms with Gasteiger partial charge < -0.3 is 16.4 Å². The van der Waals surface area contributed by atoms with Gasteiger partial charge in [0, 0.05) is 19.5 Å². The van der Waals surface area contributed by atoms with E-state index in [-0.39, 0.29) is 23.8 Å². The SMILES string of the molecule is CNC(=O)[C@@H](C)NC(=O)C[C@@H]1CCC[C@H]1N. The molecule has 0 saturated heterocycles. The first kappa shape index (κ1) is 13.0. The van der Waals surface area contributed by atoms with Crippen molar-refractivity contribution in [1.29, 1.82) is 0 Å². The smallest absolute Gasteiger partial charge is 0.242 e. The van der Waals surface area contributed by atoms with Gasteiger partial charge in [-0.1, -0.05) is 6.42 Å². The van der Waals surface area contributed by atoms with Crippen molar-refractivity contribution in [2.75, 3.05) is 7.05 Å². The van der Waals surface area contributed by atoms with E-state index >= 15 is 0 Å². The van der Waals surface area contributed by atoms with Gasteiger partial charge >= 0.3 is 0 Å². The summed E-state index contributed by atoms with van der Waals surface area (Å²) in [4.78, 5) is 22.8. The molecule has 0 aromatic carbocycles. The van der Waals surface area contributed by atoms with Crippen molar-refractivity contribution >= 4 is 11.8 Å². The van der Waals surface area contributed by atoms with E-state index < -0.39 is 6.04 Å². The molecule has 3 atom stereocenters. The number of hydrogen-bond donors (Lipinski definition) is 3. The second-order valence-corrected chi connectivity index (χ2v) is 4.46. The molecule has 5 heteroatoms. The molecular weight excluding hydrogens is 206 g/mol. The van der Waals surface area contributed by atoms with Crippen LogP contribution in [-0.4, -0.2) is 30.9 Å². The number of nitrogens with two attached hydrogens (primary N) is 1. The first-order valence-electron chi connectivity index (χ1n) is 5.81. The Morgan fingerprint density at radius 3 is 2.62 bits per heavy atom. The molecule has 0 aromatic heterocycles. The van der Waals surface area contributed by atoms with Crippen LogP contribution in [0.3, 0.4) is 0 Å². The minimum atomic E-state index is -0.477. The molecule has 0 radical (unpaired) electrons. The molecule has 0 heterocycles. The summed E-state index contributed by atoms with van der Waals surface area (Å²) in [6, 6.07) is -0.337. The van der Waals surface area contributed by atoms with Crippen LogP contribution in [0.2, 0.25) is 0 Å². The van der Waals surface area contributed by atoms with Crippen molar-refractivity contribution in [3.05, 3.63) is 0 Å². The predicted octanol–water partition coefficient (Wildman–Crippen LogP) is -0.245. The minimum Gasteiger partial charge on any atom is -0.357 e. The third-order valence-electron chi connectivity index (χ3n) is 3.18. The third-order valence-corrected chi connectivity index (χ3v) is 3.18. The number of rotatable bonds is 4. The molecule has 5 nitrogen and oxygen atoms in total. The molecule has 1 aliphatic carbocycles. The van der Waals surface area contributed by atoms with Gasteiger partial charge in [-0.15, -0.1) is 0 Å². The van der Waals surface area contributed by atoms with Crippen molar-refractivity contribution in [2.45, 2.75) is 44.7 Å². The van der Waals surface area contributed by atoms with E-state index in [0.29, 0.717) is 6.42 Å². The monoisotopic (exact) mass is 227 g/mol. The van der Waals surface area contributed by atoms with Crippen LogP contribution in [0.5, 0.6) is 0 Å². The zero-order chi connectivity index (χ0) is 12.1. The average Bonchev–Trinajstić information content (AvgIpc) is 2.63. The van der Waals surface area contributed by atoms with E-state index in [1.807, 2.05) is 0 Å². The maximum atomic E-state index is 11.6. The van der Waals surface area contributed by atoms with Gasteiger partial charge in [0.15, 0.2) is 0 Å². The summed E-state index contributed by atoms with van der Waals surface area (Å²) in [6.45, 7) is 1.67. The zero-order valence-corrected chi connectivity index (χ0v) is 9.95. The van der Waals surface area contributed by atoms with Crippen molar-refractivity contribution in [2.24, 2.45) is 11.7 Å². The Hall–Kier alpha value is -1.10. The van der Waals surface area contributed by atoms with E-state index in [4.69, 9.17) is 5.73 Å². The summed E-state index contributed by atoms with van der Waals surface area (Å²) in [7, 11) is 1.55. The van der Waals surface area contributed by atoms with Crippen LogP contribution >= 0.6 is 0 Å². The van der Waals surface area contributed by atoms with Gasteiger partial charge in [-0.05, 0) is 25.7 Å². The Balaban J connectivity index is 2.32. The van der Waals surface area contributed by atoms with E-state index in [1.54, 1.807) is 14.0 Å². The van der Waals surface area contributed by atoms with Crippen LogP contribution in [0.25, 0.3) is 0 Å². The second-order valence-electron chi connectivity index (χ2n) is 4.46. The number of amides is 2. The molecule has 92 valence electrons. The van der Waals surface area contributed by atoms with Gasteiger partial charge in [-0.25, -0.2) is 0 Å². The van der Waals surface area contributed by atoms with Crippen LogP contribution in [0.4, 0.5) is 0 Å². The quantitative estimate of drug-likeness (QED) is 0.619. The number of nitrogens with one attached hydrogen (secondary N) is 2. The summed E-state index contributed by atoms with van der Waals surface area (Å²) < 4.78 is 0. The molecule has 0 unspecified atom stereocenters. The van der Waals surface area contributed by atoms with Crippen molar-refractivity contribution in [3.63, 3.8) is 0 Å². The fourth-order valence-corrected chi connectivity index (χ4v) is 2.14. The van der Waals surface area contributed by atoms with Crippen LogP contribution in [0, 0.1) is 5.92 Å². The fourth-order valence-electron chi connectivity index (χ4n) is 2.14.